The summed E-state index contributed by atoms with van der Waals surface area (Å²) < 4.78 is 0. The van der Waals surface area contributed by atoms with E-state index in [1.54, 1.807) is 0 Å². The molecule has 1 aliphatic heterocycles. The first-order valence-corrected chi connectivity index (χ1v) is 5.35. The normalized spacial score (nSPS) is 32.1. The van der Waals surface area contributed by atoms with Crippen LogP contribution in [0.4, 0.5) is 0 Å². The standard InChI is InChI=1S/C12H18N2/c1-8-4-5-13-7-12(8)11-6-9(2)14-10(11)3/h4-5,7,9-11,14H,6H2,1-3H3. The molecule has 0 amide bonds. The van der Waals surface area contributed by atoms with Crippen LogP contribution in [-0.2, 0) is 0 Å². The molecule has 1 aromatic heterocycles. The first-order chi connectivity index (χ1) is 6.68. The van der Waals surface area contributed by atoms with Gasteiger partial charge in [-0.05, 0) is 44.4 Å². The average Bonchev–Trinajstić information content (AvgIpc) is 2.46. The molecule has 0 aromatic carbocycles. The minimum atomic E-state index is 0.577. The molecule has 2 heterocycles. The first kappa shape index (κ1) is 9.66. The minimum Gasteiger partial charge on any atom is -0.311 e. The highest BCUT2D eigenvalue weighted by Crippen LogP contribution is 2.31. The number of hydrogen-bond donors (Lipinski definition) is 1. The van der Waals surface area contributed by atoms with E-state index in [2.05, 4.69) is 37.1 Å². The van der Waals surface area contributed by atoms with E-state index in [9.17, 15) is 0 Å². The van der Waals surface area contributed by atoms with Crippen LogP contribution in [0.1, 0.15) is 37.3 Å². The van der Waals surface area contributed by atoms with E-state index in [1.807, 2.05) is 12.4 Å². The number of pyridine rings is 1. The Hall–Kier alpha value is -0.890. The lowest BCUT2D eigenvalue weighted by Crippen LogP contribution is -2.26. The number of rotatable bonds is 1. The second-order valence-electron chi connectivity index (χ2n) is 4.43. The molecular weight excluding hydrogens is 172 g/mol. The van der Waals surface area contributed by atoms with E-state index in [0.717, 1.165) is 0 Å². The lowest BCUT2D eigenvalue weighted by atomic mass is 9.90. The van der Waals surface area contributed by atoms with Gasteiger partial charge in [-0.15, -0.1) is 0 Å². The Morgan fingerprint density at radius 1 is 1.43 bits per heavy atom. The highest BCUT2D eigenvalue weighted by molar-refractivity contribution is 5.28. The maximum absolute atomic E-state index is 4.22. The molecule has 14 heavy (non-hydrogen) atoms. The quantitative estimate of drug-likeness (QED) is 0.734. The molecule has 0 radical (unpaired) electrons. The van der Waals surface area contributed by atoms with E-state index >= 15 is 0 Å². The summed E-state index contributed by atoms with van der Waals surface area (Å²) in [6, 6.07) is 3.31. The van der Waals surface area contributed by atoms with Crippen molar-refractivity contribution in [3.05, 3.63) is 29.6 Å². The van der Waals surface area contributed by atoms with Gasteiger partial charge in [-0.1, -0.05) is 0 Å². The van der Waals surface area contributed by atoms with Crippen LogP contribution in [0, 0.1) is 6.92 Å². The largest absolute Gasteiger partial charge is 0.311 e. The van der Waals surface area contributed by atoms with Crippen molar-refractivity contribution in [2.75, 3.05) is 0 Å². The van der Waals surface area contributed by atoms with Gasteiger partial charge in [0.25, 0.3) is 0 Å². The molecule has 2 rings (SSSR count). The van der Waals surface area contributed by atoms with Gasteiger partial charge < -0.3 is 5.32 Å². The van der Waals surface area contributed by atoms with Crippen molar-refractivity contribution < 1.29 is 0 Å². The van der Waals surface area contributed by atoms with Gasteiger partial charge in [0.1, 0.15) is 0 Å². The second kappa shape index (κ2) is 3.70. The molecular formula is C12H18N2. The molecule has 0 spiro atoms. The maximum atomic E-state index is 4.22. The fourth-order valence-corrected chi connectivity index (χ4v) is 2.48. The summed E-state index contributed by atoms with van der Waals surface area (Å²) >= 11 is 0. The van der Waals surface area contributed by atoms with Gasteiger partial charge in [0, 0.05) is 30.4 Å². The van der Waals surface area contributed by atoms with Gasteiger partial charge in [-0.2, -0.15) is 0 Å². The van der Waals surface area contributed by atoms with Crippen LogP contribution in [0.15, 0.2) is 18.5 Å². The molecule has 0 saturated carbocycles. The van der Waals surface area contributed by atoms with E-state index in [-0.39, 0.29) is 0 Å². The highest BCUT2D eigenvalue weighted by Gasteiger charge is 2.29. The van der Waals surface area contributed by atoms with Gasteiger partial charge in [-0.3, -0.25) is 4.98 Å². The van der Waals surface area contributed by atoms with Crippen molar-refractivity contribution in [1.29, 1.82) is 0 Å². The van der Waals surface area contributed by atoms with E-state index in [4.69, 9.17) is 0 Å². The Balaban J connectivity index is 2.27. The first-order valence-electron chi connectivity index (χ1n) is 5.35. The maximum Gasteiger partial charge on any atom is 0.0305 e. The van der Waals surface area contributed by atoms with Crippen molar-refractivity contribution in [3.63, 3.8) is 0 Å². The van der Waals surface area contributed by atoms with Gasteiger partial charge >= 0.3 is 0 Å². The summed E-state index contributed by atoms with van der Waals surface area (Å²) in [5.74, 6) is 0.638. The van der Waals surface area contributed by atoms with Crippen molar-refractivity contribution in [1.82, 2.24) is 10.3 Å². The SMILES string of the molecule is Cc1ccncc1C1CC(C)NC1C. The highest BCUT2D eigenvalue weighted by atomic mass is 15.0. The third-order valence-corrected chi connectivity index (χ3v) is 3.24. The van der Waals surface area contributed by atoms with Crippen LogP contribution in [-0.4, -0.2) is 17.1 Å². The lowest BCUT2D eigenvalue weighted by molar-refractivity contribution is 0.573. The molecule has 3 atom stereocenters. The van der Waals surface area contributed by atoms with Crippen molar-refractivity contribution in [2.45, 2.75) is 45.2 Å². The predicted octanol–water partition coefficient (Wildman–Crippen LogP) is 2.24. The Kier molecular flexibility index (Phi) is 2.55. The Bertz CT molecular complexity index is 322. The van der Waals surface area contributed by atoms with Crippen LogP contribution in [0.3, 0.4) is 0 Å². The third kappa shape index (κ3) is 1.67. The molecule has 1 saturated heterocycles. The molecule has 0 aliphatic carbocycles. The van der Waals surface area contributed by atoms with Gasteiger partial charge in [0.2, 0.25) is 0 Å². The molecule has 3 unspecified atom stereocenters. The molecule has 1 aromatic rings. The zero-order valence-electron chi connectivity index (χ0n) is 9.12. The molecule has 2 heteroatoms. The van der Waals surface area contributed by atoms with Crippen molar-refractivity contribution in [3.8, 4) is 0 Å². The summed E-state index contributed by atoms with van der Waals surface area (Å²) in [6.07, 6.45) is 5.12. The molecule has 1 aliphatic rings. The van der Waals surface area contributed by atoms with Crippen LogP contribution in [0.2, 0.25) is 0 Å². The molecule has 1 N–H and O–H groups in total. The van der Waals surface area contributed by atoms with Crippen LogP contribution >= 0.6 is 0 Å². The number of nitrogens with zero attached hydrogens (tertiary/aromatic N) is 1. The minimum absolute atomic E-state index is 0.577. The molecule has 0 bridgehead atoms. The third-order valence-electron chi connectivity index (χ3n) is 3.24. The zero-order valence-corrected chi connectivity index (χ0v) is 9.12. The van der Waals surface area contributed by atoms with E-state index in [0.29, 0.717) is 18.0 Å². The van der Waals surface area contributed by atoms with E-state index < -0.39 is 0 Å². The second-order valence-corrected chi connectivity index (χ2v) is 4.43. The van der Waals surface area contributed by atoms with Gasteiger partial charge in [-0.25, -0.2) is 0 Å². The average molecular weight is 190 g/mol. The molecule has 2 nitrogen and oxygen atoms in total. The fraction of sp³-hybridized carbons (Fsp3) is 0.583. The fourth-order valence-electron chi connectivity index (χ4n) is 2.48. The van der Waals surface area contributed by atoms with Gasteiger partial charge in [0.05, 0.1) is 0 Å². The Labute approximate surface area is 85.7 Å². The lowest BCUT2D eigenvalue weighted by Gasteiger charge is -2.16. The molecule has 1 fully saturated rings. The molecule has 76 valence electrons. The summed E-state index contributed by atoms with van der Waals surface area (Å²) in [4.78, 5) is 4.22. The summed E-state index contributed by atoms with van der Waals surface area (Å²) in [7, 11) is 0. The van der Waals surface area contributed by atoms with Crippen molar-refractivity contribution >= 4 is 0 Å². The van der Waals surface area contributed by atoms with Crippen molar-refractivity contribution in [2.24, 2.45) is 0 Å². The van der Waals surface area contributed by atoms with Crippen LogP contribution < -0.4 is 5.32 Å². The monoisotopic (exact) mass is 190 g/mol. The summed E-state index contributed by atoms with van der Waals surface area (Å²) in [6.45, 7) is 6.69. The number of aryl methyl sites for hydroxylation is 1. The summed E-state index contributed by atoms with van der Waals surface area (Å²) in [5.41, 5.74) is 2.78. The number of nitrogens with one attached hydrogen (secondary N) is 1. The zero-order chi connectivity index (χ0) is 10.1. The smallest absolute Gasteiger partial charge is 0.0305 e. The Morgan fingerprint density at radius 2 is 2.21 bits per heavy atom. The Morgan fingerprint density at radius 3 is 2.79 bits per heavy atom. The topological polar surface area (TPSA) is 24.9 Å². The number of aromatic nitrogens is 1. The van der Waals surface area contributed by atoms with Crippen LogP contribution in [0.25, 0.3) is 0 Å². The van der Waals surface area contributed by atoms with E-state index in [1.165, 1.54) is 17.5 Å². The van der Waals surface area contributed by atoms with Crippen LogP contribution in [0.5, 0.6) is 0 Å². The van der Waals surface area contributed by atoms with Gasteiger partial charge in [0.15, 0.2) is 0 Å². The number of hydrogen-bond acceptors (Lipinski definition) is 2. The predicted molar refractivity (Wildman–Crippen MR) is 58.4 cm³/mol. The summed E-state index contributed by atoms with van der Waals surface area (Å²) in [5, 5.41) is 3.56.